The molecule has 0 unspecified atom stereocenters. The Bertz CT molecular complexity index is 541. The summed E-state index contributed by atoms with van der Waals surface area (Å²) < 4.78 is 0. The number of carbonyl (C=O) groups is 2. The minimum absolute atomic E-state index is 0.296. The summed E-state index contributed by atoms with van der Waals surface area (Å²) >= 11 is 0. The van der Waals surface area contributed by atoms with Crippen molar-refractivity contribution in [3.8, 4) is 0 Å². The normalized spacial score (nSPS) is 18.5. The fourth-order valence-electron chi connectivity index (χ4n) is 2.27. The molecule has 2 aliphatic rings. The van der Waals surface area contributed by atoms with Crippen LogP contribution in [0.5, 0.6) is 0 Å². The van der Waals surface area contributed by atoms with Crippen LogP contribution in [0, 0.1) is 0 Å². The van der Waals surface area contributed by atoms with Crippen LogP contribution in [-0.4, -0.2) is 53.9 Å². The molecule has 0 aliphatic carbocycles. The fourth-order valence-corrected chi connectivity index (χ4v) is 2.27. The van der Waals surface area contributed by atoms with Gasteiger partial charge in [-0.3, -0.25) is 9.89 Å². The van der Waals surface area contributed by atoms with E-state index in [2.05, 4.69) is 10.3 Å². The van der Waals surface area contributed by atoms with E-state index in [1.54, 1.807) is 4.90 Å². The lowest BCUT2D eigenvalue weighted by molar-refractivity contribution is 0.184. The maximum atomic E-state index is 12.4. The van der Waals surface area contributed by atoms with E-state index in [4.69, 9.17) is 0 Å². The van der Waals surface area contributed by atoms with Gasteiger partial charge in [0.05, 0.1) is 6.54 Å². The molecule has 2 aliphatic heterocycles. The largest absolute Gasteiger partial charge is 0.336 e. The smallest absolute Gasteiger partial charge is 0.333 e. The number of nitrogens with zero attached hydrogens (tertiary/aromatic N) is 3. The molecule has 0 spiro atoms. The van der Waals surface area contributed by atoms with Gasteiger partial charge in [0.2, 0.25) is 0 Å². The molecule has 0 bridgehead atoms. The Kier molecular flexibility index (Phi) is 2.91. The Hall–Kier alpha value is -2.37. The third-order valence-corrected chi connectivity index (χ3v) is 3.19. The molecule has 4 amide bonds. The van der Waals surface area contributed by atoms with Crippen LogP contribution in [0.4, 0.5) is 9.59 Å². The van der Waals surface area contributed by atoms with Crippen LogP contribution >= 0.6 is 0 Å². The predicted molar refractivity (Wildman–Crippen MR) is 70.1 cm³/mol. The first kappa shape index (κ1) is 11.7. The SMILES string of the molecule is O=C1NCCN1C(=O)N1CCN=C1c1ccccc1. The Morgan fingerprint density at radius 1 is 1.16 bits per heavy atom. The van der Waals surface area contributed by atoms with E-state index in [-0.39, 0.29) is 12.1 Å². The number of hydrogen-bond acceptors (Lipinski definition) is 3. The lowest BCUT2D eigenvalue weighted by Gasteiger charge is -2.23. The zero-order valence-corrected chi connectivity index (χ0v) is 10.4. The van der Waals surface area contributed by atoms with Crippen LogP contribution < -0.4 is 5.32 Å². The monoisotopic (exact) mass is 258 g/mol. The second-order valence-electron chi connectivity index (χ2n) is 4.39. The summed E-state index contributed by atoms with van der Waals surface area (Å²) in [6.45, 7) is 2.02. The quantitative estimate of drug-likeness (QED) is 0.813. The van der Waals surface area contributed by atoms with Crippen LogP contribution in [0.3, 0.4) is 0 Å². The number of urea groups is 2. The summed E-state index contributed by atoms with van der Waals surface area (Å²) in [6.07, 6.45) is 0. The van der Waals surface area contributed by atoms with Crippen molar-refractivity contribution in [3.63, 3.8) is 0 Å². The Morgan fingerprint density at radius 3 is 2.63 bits per heavy atom. The maximum Gasteiger partial charge on any atom is 0.333 e. The molecule has 0 radical (unpaired) electrons. The van der Waals surface area contributed by atoms with E-state index in [0.29, 0.717) is 32.0 Å². The summed E-state index contributed by atoms with van der Waals surface area (Å²) in [6, 6.07) is 8.92. The second-order valence-corrected chi connectivity index (χ2v) is 4.39. The van der Waals surface area contributed by atoms with Crippen LogP contribution in [0.15, 0.2) is 35.3 Å². The topological polar surface area (TPSA) is 65.0 Å². The first-order chi connectivity index (χ1) is 9.27. The van der Waals surface area contributed by atoms with E-state index in [0.717, 1.165) is 5.56 Å². The number of benzene rings is 1. The number of amidine groups is 1. The zero-order valence-electron chi connectivity index (χ0n) is 10.4. The number of hydrogen-bond donors (Lipinski definition) is 1. The second kappa shape index (κ2) is 4.72. The van der Waals surface area contributed by atoms with Crippen LogP contribution in [-0.2, 0) is 0 Å². The van der Waals surface area contributed by atoms with Gasteiger partial charge in [-0.15, -0.1) is 0 Å². The number of nitrogens with one attached hydrogen (secondary N) is 1. The molecule has 6 heteroatoms. The number of rotatable bonds is 1. The molecule has 0 saturated carbocycles. The fraction of sp³-hybridized carbons (Fsp3) is 0.308. The van der Waals surface area contributed by atoms with E-state index < -0.39 is 0 Å². The molecular weight excluding hydrogens is 244 g/mol. The number of amides is 4. The van der Waals surface area contributed by atoms with Gasteiger partial charge < -0.3 is 5.32 Å². The van der Waals surface area contributed by atoms with Crippen LogP contribution in [0.1, 0.15) is 5.56 Å². The highest BCUT2D eigenvalue weighted by molar-refractivity contribution is 6.11. The van der Waals surface area contributed by atoms with E-state index >= 15 is 0 Å². The summed E-state index contributed by atoms with van der Waals surface area (Å²) in [5, 5.41) is 2.63. The molecule has 1 saturated heterocycles. The van der Waals surface area contributed by atoms with Gasteiger partial charge in [0.1, 0.15) is 5.84 Å². The lowest BCUT2D eigenvalue weighted by Crippen LogP contribution is -2.46. The molecule has 1 aromatic rings. The van der Waals surface area contributed by atoms with Crippen molar-refractivity contribution < 1.29 is 9.59 Å². The molecule has 1 aromatic carbocycles. The van der Waals surface area contributed by atoms with Crippen LogP contribution in [0.2, 0.25) is 0 Å². The van der Waals surface area contributed by atoms with Gasteiger partial charge in [0.15, 0.2) is 0 Å². The third kappa shape index (κ3) is 2.05. The molecule has 1 fully saturated rings. The van der Waals surface area contributed by atoms with E-state index in [1.165, 1.54) is 4.90 Å². The minimum Gasteiger partial charge on any atom is -0.336 e. The summed E-state index contributed by atoms with van der Waals surface area (Å²) in [5.41, 5.74) is 0.896. The number of aliphatic imine (C=N–C) groups is 1. The van der Waals surface area contributed by atoms with Crippen molar-refractivity contribution >= 4 is 17.9 Å². The summed E-state index contributed by atoms with van der Waals surface area (Å²) in [7, 11) is 0. The van der Waals surface area contributed by atoms with Crippen molar-refractivity contribution in [2.45, 2.75) is 0 Å². The number of imide groups is 1. The van der Waals surface area contributed by atoms with Gasteiger partial charge >= 0.3 is 12.1 Å². The molecule has 1 N–H and O–H groups in total. The highest BCUT2D eigenvalue weighted by Crippen LogP contribution is 2.14. The van der Waals surface area contributed by atoms with Crippen molar-refractivity contribution in [1.82, 2.24) is 15.1 Å². The standard InChI is InChI=1S/C13H14N4O2/c18-12-15-7-9-17(12)13(19)16-8-6-14-11(16)10-4-2-1-3-5-10/h1-5H,6-9H2,(H,15,18). The average molecular weight is 258 g/mol. The van der Waals surface area contributed by atoms with E-state index in [1.807, 2.05) is 30.3 Å². The molecule has 0 atom stereocenters. The lowest BCUT2D eigenvalue weighted by atomic mass is 10.2. The molecule has 0 aromatic heterocycles. The van der Waals surface area contributed by atoms with Gasteiger partial charge in [-0.1, -0.05) is 30.3 Å². The molecule has 2 heterocycles. The molecular formula is C13H14N4O2. The molecule has 19 heavy (non-hydrogen) atoms. The first-order valence-electron chi connectivity index (χ1n) is 6.24. The van der Waals surface area contributed by atoms with Gasteiger partial charge in [-0.05, 0) is 0 Å². The van der Waals surface area contributed by atoms with Crippen molar-refractivity contribution in [1.29, 1.82) is 0 Å². The minimum atomic E-state index is -0.329. The maximum absolute atomic E-state index is 12.4. The Balaban J connectivity index is 1.83. The highest BCUT2D eigenvalue weighted by atomic mass is 16.2. The Morgan fingerprint density at radius 2 is 1.95 bits per heavy atom. The third-order valence-electron chi connectivity index (χ3n) is 3.19. The molecule has 3 rings (SSSR count). The first-order valence-corrected chi connectivity index (χ1v) is 6.24. The summed E-state index contributed by atoms with van der Waals surface area (Å²) in [4.78, 5) is 31.1. The van der Waals surface area contributed by atoms with Crippen LogP contribution in [0.25, 0.3) is 0 Å². The van der Waals surface area contributed by atoms with Gasteiger partial charge in [0, 0.05) is 25.2 Å². The van der Waals surface area contributed by atoms with Gasteiger partial charge in [-0.25, -0.2) is 14.5 Å². The summed E-state index contributed by atoms with van der Waals surface area (Å²) in [5.74, 6) is 0.644. The zero-order chi connectivity index (χ0) is 13.2. The van der Waals surface area contributed by atoms with Gasteiger partial charge in [0.25, 0.3) is 0 Å². The molecule has 98 valence electrons. The van der Waals surface area contributed by atoms with Crippen molar-refractivity contribution in [3.05, 3.63) is 35.9 Å². The molecule has 6 nitrogen and oxygen atoms in total. The average Bonchev–Trinajstić information content (AvgIpc) is 3.07. The highest BCUT2D eigenvalue weighted by Gasteiger charge is 2.34. The predicted octanol–water partition coefficient (Wildman–Crippen LogP) is 0.894. The number of carbonyl (C=O) groups excluding carboxylic acids is 2. The van der Waals surface area contributed by atoms with Gasteiger partial charge in [-0.2, -0.15) is 0 Å². The van der Waals surface area contributed by atoms with Crippen molar-refractivity contribution in [2.75, 3.05) is 26.2 Å². The van der Waals surface area contributed by atoms with Crippen molar-refractivity contribution in [2.24, 2.45) is 4.99 Å². The Labute approximate surface area is 110 Å². The van der Waals surface area contributed by atoms with E-state index in [9.17, 15) is 9.59 Å².